The summed E-state index contributed by atoms with van der Waals surface area (Å²) in [5.41, 5.74) is -11.7. The van der Waals surface area contributed by atoms with Gasteiger partial charge in [0.15, 0.2) is 30.0 Å². The van der Waals surface area contributed by atoms with Gasteiger partial charge in [0, 0.05) is 72.0 Å². The van der Waals surface area contributed by atoms with E-state index in [1.165, 1.54) is 25.4 Å². The SMILES string of the molecule is CC(=O)OCC1C2C3COC(=O)c4cccnc4CCC(C)(O)C(=O)OC4C(OC(=O)c5ccc(=O)n(C)c5)C(OC(C)=O)C(COC(C)=O)(C(OC(C)=O)C2OC(C)=O)C1(O3)C4(C)O. The number of aliphatic hydroxyl groups is 2. The lowest BCUT2D eigenvalue weighted by molar-refractivity contribution is -0.379. The first-order valence-electron chi connectivity index (χ1n) is 20.5. The Balaban J connectivity index is 1.77. The Morgan fingerprint density at radius 1 is 0.831 bits per heavy atom. The maximum Gasteiger partial charge on any atom is 0.340 e. The molecule has 1 saturated heterocycles. The molecule has 4 aliphatic rings. The third-order valence-corrected chi connectivity index (χ3v) is 12.5. The monoisotopic (exact) mass is 914 g/mol. The molecule has 0 radical (unpaired) electrons. The first kappa shape index (κ1) is 48.2. The molecule has 4 heterocycles. The molecule has 1 spiro atoms. The third-order valence-electron chi connectivity index (χ3n) is 12.5. The van der Waals surface area contributed by atoms with Crippen molar-refractivity contribution in [2.45, 2.75) is 115 Å². The van der Waals surface area contributed by atoms with Crippen molar-refractivity contribution in [3.05, 3.63) is 63.8 Å². The molecular weight excluding hydrogens is 864 g/mol. The molecule has 3 fully saturated rings. The van der Waals surface area contributed by atoms with Gasteiger partial charge in [-0.3, -0.25) is 33.8 Å². The fourth-order valence-corrected chi connectivity index (χ4v) is 9.94. The van der Waals surface area contributed by atoms with Crippen molar-refractivity contribution in [3.63, 3.8) is 0 Å². The molecule has 0 amide bonds. The minimum Gasteiger partial charge on any atom is -0.465 e. The first-order chi connectivity index (χ1) is 30.4. The summed E-state index contributed by atoms with van der Waals surface area (Å²) in [5.74, 6) is -11.9. The fourth-order valence-electron chi connectivity index (χ4n) is 9.94. The Labute approximate surface area is 370 Å². The van der Waals surface area contributed by atoms with E-state index in [2.05, 4.69) is 4.98 Å². The van der Waals surface area contributed by atoms with Crippen LogP contribution in [0, 0.1) is 17.3 Å². The second-order valence-corrected chi connectivity index (χ2v) is 16.9. The van der Waals surface area contributed by atoms with Crippen molar-refractivity contribution in [1.29, 1.82) is 0 Å². The van der Waals surface area contributed by atoms with Crippen molar-refractivity contribution in [2.24, 2.45) is 24.3 Å². The average Bonchev–Trinajstić information content (AvgIpc) is 3.51. The number of hydrogen-bond acceptors (Lipinski definition) is 21. The van der Waals surface area contributed by atoms with Gasteiger partial charge in [0.05, 0.1) is 29.5 Å². The summed E-state index contributed by atoms with van der Waals surface area (Å²) in [4.78, 5) is 125. The number of nitrogens with zero attached hydrogens (tertiary/aromatic N) is 2. The molecule has 22 heteroatoms. The highest BCUT2D eigenvalue weighted by Gasteiger charge is 2.89. The van der Waals surface area contributed by atoms with Crippen LogP contribution in [0.15, 0.2) is 41.5 Å². The number of esters is 8. The highest BCUT2D eigenvalue weighted by molar-refractivity contribution is 5.91. The summed E-state index contributed by atoms with van der Waals surface area (Å²) < 4.78 is 55.4. The lowest BCUT2D eigenvalue weighted by Gasteiger charge is -2.68. The van der Waals surface area contributed by atoms with Crippen LogP contribution in [-0.4, -0.2) is 141 Å². The molecule has 2 aromatic heterocycles. The molecule has 2 saturated carbocycles. The van der Waals surface area contributed by atoms with Gasteiger partial charge in [0.25, 0.3) is 0 Å². The van der Waals surface area contributed by atoms with E-state index in [4.69, 9.17) is 42.6 Å². The normalized spacial score (nSPS) is 33.9. The number of cyclic esters (lactones) is 1. The Morgan fingerprint density at radius 3 is 2.06 bits per heavy atom. The van der Waals surface area contributed by atoms with Crippen LogP contribution in [0.1, 0.15) is 81.3 Å². The van der Waals surface area contributed by atoms with Crippen molar-refractivity contribution < 1.29 is 91.2 Å². The molecule has 0 aromatic carbocycles. The fraction of sp³-hybridized carbons (Fsp3) is 0.581. The van der Waals surface area contributed by atoms with Crippen molar-refractivity contribution in [2.75, 3.05) is 19.8 Å². The first-order valence-corrected chi connectivity index (χ1v) is 20.5. The van der Waals surface area contributed by atoms with Crippen LogP contribution in [0.5, 0.6) is 0 Å². The lowest BCUT2D eigenvalue weighted by Crippen LogP contribution is -2.88. The third kappa shape index (κ3) is 8.56. The summed E-state index contributed by atoms with van der Waals surface area (Å²) in [6.45, 7) is 4.39. The largest absolute Gasteiger partial charge is 0.465 e. The van der Waals surface area contributed by atoms with Gasteiger partial charge in [-0.2, -0.15) is 0 Å². The van der Waals surface area contributed by atoms with Crippen molar-refractivity contribution in [3.8, 4) is 0 Å². The minimum absolute atomic E-state index is 0.0794. The van der Waals surface area contributed by atoms with E-state index in [1.807, 2.05) is 0 Å². The number of pyridine rings is 2. The van der Waals surface area contributed by atoms with Gasteiger partial charge in [-0.25, -0.2) is 14.4 Å². The van der Waals surface area contributed by atoms with Crippen LogP contribution >= 0.6 is 0 Å². The molecule has 352 valence electrons. The highest BCUT2D eigenvalue weighted by Crippen LogP contribution is 2.69. The summed E-state index contributed by atoms with van der Waals surface area (Å²) in [6.07, 6.45) is -10.5. The van der Waals surface area contributed by atoms with Crippen LogP contribution in [0.2, 0.25) is 0 Å². The zero-order chi connectivity index (χ0) is 48.0. The molecule has 12 atom stereocenters. The predicted octanol–water partition coefficient (Wildman–Crippen LogP) is -0.172. The van der Waals surface area contributed by atoms with Gasteiger partial charge < -0.3 is 57.4 Å². The standard InChI is InChI=1S/C43H50N2O20/c1-20(46)57-17-27-31-29-18-58-38(53)26-10-9-15-44-28(26)13-14-40(6,55)39(54)64-34-33(63-37(52)25-11-12-30(51)45(8)16-25)36(62-24(5)50)42(19-59-21(2)47,43(27,65-29)41(34,7)56)35(61-23(4)49)32(31)60-22(3)48/h9-12,15-16,27,29,31-36,55-56H,13-14,17-19H2,1-8H3. The van der Waals surface area contributed by atoms with Gasteiger partial charge in [0.1, 0.15) is 35.9 Å². The summed E-state index contributed by atoms with van der Waals surface area (Å²) >= 11 is 0. The summed E-state index contributed by atoms with van der Waals surface area (Å²) in [7, 11) is 1.33. The van der Waals surface area contributed by atoms with Crippen LogP contribution < -0.4 is 5.56 Å². The van der Waals surface area contributed by atoms with Crippen molar-refractivity contribution in [1.82, 2.24) is 9.55 Å². The summed E-state index contributed by atoms with van der Waals surface area (Å²) in [5, 5.41) is 25.5. The summed E-state index contributed by atoms with van der Waals surface area (Å²) in [6, 6.07) is 4.93. The van der Waals surface area contributed by atoms with E-state index >= 15 is 0 Å². The average molecular weight is 915 g/mol. The molecule has 12 unspecified atom stereocenters. The predicted molar refractivity (Wildman–Crippen MR) is 212 cm³/mol. The number of carbonyl (C=O) groups excluding carboxylic acids is 8. The molecule has 2 aliphatic heterocycles. The van der Waals surface area contributed by atoms with Gasteiger partial charge in [-0.15, -0.1) is 0 Å². The second-order valence-electron chi connectivity index (χ2n) is 16.9. The van der Waals surface area contributed by atoms with Crippen LogP contribution in [-0.2, 0) is 84.9 Å². The lowest BCUT2D eigenvalue weighted by atomic mass is 9.43. The number of rotatable bonds is 9. The molecule has 4 bridgehead atoms. The number of aryl methyl sites for hydroxylation is 2. The number of hydrogen-bond donors (Lipinski definition) is 2. The van der Waals surface area contributed by atoms with E-state index in [9.17, 15) is 53.4 Å². The number of ether oxygens (including phenoxy) is 9. The Morgan fingerprint density at radius 2 is 1.46 bits per heavy atom. The quantitative estimate of drug-likeness (QED) is 0.244. The van der Waals surface area contributed by atoms with Gasteiger partial charge in [-0.05, 0) is 44.9 Å². The van der Waals surface area contributed by atoms with Gasteiger partial charge in [-0.1, -0.05) is 0 Å². The van der Waals surface area contributed by atoms with Crippen LogP contribution in [0.25, 0.3) is 0 Å². The smallest absolute Gasteiger partial charge is 0.340 e. The Hall–Kier alpha value is -6.26. The number of fused-ring (bicyclic) bond motifs is 5. The molecule has 2 aromatic rings. The Kier molecular flexibility index (Phi) is 13.3. The van der Waals surface area contributed by atoms with Crippen LogP contribution in [0.4, 0.5) is 0 Å². The van der Waals surface area contributed by atoms with E-state index in [0.29, 0.717) is 0 Å². The molecule has 65 heavy (non-hydrogen) atoms. The Bertz CT molecular complexity index is 2340. The molecular formula is C43H50N2O20. The van der Waals surface area contributed by atoms with E-state index in [1.54, 1.807) is 0 Å². The van der Waals surface area contributed by atoms with Crippen LogP contribution in [0.3, 0.4) is 0 Å². The van der Waals surface area contributed by atoms with E-state index in [-0.39, 0.29) is 23.2 Å². The second kappa shape index (κ2) is 18.0. The number of carbonyl (C=O) groups is 8. The van der Waals surface area contributed by atoms with Crippen molar-refractivity contribution >= 4 is 47.8 Å². The topological polar surface area (TPSA) is 295 Å². The number of aromatic nitrogens is 2. The maximum absolute atomic E-state index is 14.5. The molecule has 22 nitrogen and oxygen atoms in total. The van der Waals surface area contributed by atoms with E-state index < -0.39 is 150 Å². The molecule has 2 N–H and O–H groups in total. The van der Waals surface area contributed by atoms with Gasteiger partial charge >= 0.3 is 47.8 Å². The minimum atomic E-state index is -2.93. The van der Waals surface area contributed by atoms with E-state index in [0.717, 1.165) is 71.4 Å². The zero-order valence-corrected chi connectivity index (χ0v) is 36.8. The molecule has 6 rings (SSSR count). The zero-order valence-electron chi connectivity index (χ0n) is 36.8. The highest BCUT2D eigenvalue weighted by atomic mass is 16.7. The maximum atomic E-state index is 14.5. The molecule has 2 aliphatic carbocycles. The van der Waals surface area contributed by atoms with Gasteiger partial charge in [0.2, 0.25) is 5.56 Å².